The van der Waals surface area contributed by atoms with E-state index in [9.17, 15) is 9.90 Å². The molecule has 0 aromatic heterocycles. The van der Waals surface area contributed by atoms with Crippen molar-refractivity contribution < 1.29 is 19.4 Å². The third-order valence-electron chi connectivity index (χ3n) is 4.09. The van der Waals surface area contributed by atoms with Crippen LogP contribution in [0.2, 0.25) is 0 Å². The number of ketones is 1. The van der Waals surface area contributed by atoms with E-state index >= 15 is 0 Å². The van der Waals surface area contributed by atoms with Crippen molar-refractivity contribution in [1.82, 2.24) is 0 Å². The molecule has 0 aliphatic carbocycles. The van der Waals surface area contributed by atoms with Crippen molar-refractivity contribution in [1.29, 1.82) is 0 Å². The normalized spacial score (nSPS) is 10.9. The van der Waals surface area contributed by atoms with Crippen LogP contribution in [0, 0.1) is 0 Å². The van der Waals surface area contributed by atoms with Gasteiger partial charge in [-0.2, -0.15) is 0 Å². The largest absolute Gasteiger partial charge is 0.508 e. The first kappa shape index (κ1) is 20.6. The molecule has 2 aromatic carbocycles. The van der Waals surface area contributed by atoms with Crippen molar-refractivity contribution in [3.8, 4) is 17.2 Å². The molecule has 144 valence electrons. The molecule has 4 nitrogen and oxygen atoms in total. The van der Waals surface area contributed by atoms with Crippen LogP contribution < -0.4 is 9.47 Å². The molecule has 0 spiro atoms. The summed E-state index contributed by atoms with van der Waals surface area (Å²) in [5.74, 6) is 1.43. The van der Waals surface area contributed by atoms with Crippen molar-refractivity contribution in [3.63, 3.8) is 0 Å². The monoisotopic (exact) mass is 368 g/mol. The van der Waals surface area contributed by atoms with E-state index in [1.165, 1.54) is 18.2 Å². The quantitative estimate of drug-likeness (QED) is 0.316. The number of rotatable bonds is 11. The van der Waals surface area contributed by atoms with Crippen LogP contribution in [0.5, 0.6) is 17.2 Å². The number of unbranched alkanes of at least 4 members (excludes halogenated alkanes) is 2. The summed E-state index contributed by atoms with van der Waals surface area (Å²) in [6, 6.07) is 11.9. The number of benzene rings is 2. The lowest BCUT2D eigenvalue weighted by molar-refractivity contribution is 0.104. The Bertz CT molecular complexity index is 719. The maximum absolute atomic E-state index is 12.4. The van der Waals surface area contributed by atoms with Crippen LogP contribution in [0.4, 0.5) is 0 Å². The highest BCUT2D eigenvalue weighted by molar-refractivity contribution is 6.07. The van der Waals surface area contributed by atoms with Gasteiger partial charge in [0.25, 0.3) is 0 Å². The molecule has 0 heterocycles. The number of carbonyl (C=O) groups is 1. The highest BCUT2D eigenvalue weighted by Crippen LogP contribution is 2.30. The number of hydrogen-bond donors (Lipinski definition) is 1. The fourth-order valence-corrected chi connectivity index (χ4v) is 2.47. The zero-order valence-electron chi connectivity index (χ0n) is 16.1. The third-order valence-corrected chi connectivity index (χ3v) is 4.09. The number of hydrogen-bond acceptors (Lipinski definition) is 4. The second-order valence-corrected chi connectivity index (χ2v) is 6.32. The number of ether oxygens (including phenoxy) is 2. The van der Waals surface area contributed by atoms with E-state index < -0.39 is 0 Å². The topological polar surface area (TPSA) is 55.8 Å². The second-order valence-electron chi connectivity index (χ2n) is 6.32. The lowest BCUT2D eigenvalue weighted by Gasteiger charge is -2.14. The predicted octanol–water partition coefficient (Wildman–Crippen LogP) is 5.65. The van der Waals surface area contributed by atoms with E-state index in [1.807, 2.05) is 18.2 Å². The molecule has 0 aliphatic rings. The van der Waals surface area contributed by atoms with Crippen LogP contribution in [-0.2, 0) is 0 Å². The zero-order chi connectivity index (χ0) is 19.5. The smallest absolute Gasteiger partial charge is 0.185 e. The summed E-state index contributed by atoms with van der Waals surface area (Å²) < 4.78 is 11.8. The van der Waals surface area contributed by atoms with Gasteiger partial charge in [-0.1, -0.05) is 32.8 Å². The van der Waals surface area contributed by atoms with Crippen molar-refractivity contribution in [2.75, 3.05) is 13.2 Å². The maximum atomic E-state index is 12.4. The molecular weight excluding hydrogens is 340 g/mol. The van der Waals surface area contributed by atoms with Crippen molar-refractivity contribution >= 4 is 11.9 Å². The number of carbonyl (C=O) groups excluding carboxylic acids is 1. The molecule has 0 atom stereocenters. The van der Waals surface area contributed by atoms with Crippen molar-refractivity contribution in [2.45, 2.75) is 39.5 Å². The number of phenolic OH excluding ortho intramolecular Hbond substituents is 1. The highest BCUT2D eigenvalue weighted by atomic mass is 16.5. The van der Waals surface area contributed by atoms with Gasteiger partial charge in [0.2, 0.25) is 0 Å². The Morgan fingerprint density at radius 3 is 2.00 bits per heavy atom. The van der Waals surface area contributed by atoms with Gasteiger partial charge >= 0.3 is 0 Å². The molecule has 1 N–H and O–H groups in total. The van der Waals surface area contributed by atoms with Gasteiger partial charge in [0, 0.05) is 5.56 Å². The van der Waals surface area contributed by atoms with Gasteiger partial charge in [-0.25, -0.2) is 0 Å². The molecule has 0 bridgehead atoms. The van der Waals surface area contributed by atoms with Gasteiger partial charge in [-0.3, -0.25) is 4.79 Å². The first-order valence-electron chi connectivity index (χ1n) is 9.55. The molecule has 0 saturated carbocycles. The highest BCUT2D eigenvalue weighted by Gasteiger charge is 2.10. The lowest BCUT2D eigenvalue weighted by Crippen LogP contribution is -2.02. The summed E-state index contributed by atoms with van der Waals surface area (Å²) in [5.41, 5.74) is 1.29. The molecule has 0 aliphatic heterocycles. The van der Waals surface area contributed by atoms with Gasteiger partial charge < -0.3 is 14.6 Å². The third kappa shape index (κ3) is 6.48. The van der Waals surface area contributed by atoms with Gasteiger partial charge in [0.1, 0.15) is 17.2 Å². The summed E-state index contributed by atoms with van der Waals surface area (Å²) in [6.07, 6.45) is 7.31. The first-order valence-corrected chi connectivity index (χ1v) is 9.55. The molecule has 0 amide bonds. The van der Waals surface area contributed by atoms with Crippen LogP contribution in [0.15, 0.2) is 48.5 Å². The molecule has 27 heavy (non-hydrogen) atoms. The van der Waals surface area contributed by atoms with E-state index in [0.717, 1.165) is 31.2 Å². The first-order chi connectivity index (χ1) is 13.2. The average Bonchev–Trinajstić information content (AvgIpc) is 2.68. The number of phenols is 1. The molecule has 4 heteroatoms. The van der Waals surface area contributed by atoms with E-state index in [0.29, 0.717) is 30.3 Å². The van der Waals surface area contributed by atoms with Crippen LogP contribution >= 0.6 is 0 Å². The lowest BCUT2D eigenvalue weighted by atomic mass is 10.1. The fourth-order valence-electron chi connectivity index (χ4n) is 2.47. The Labute approximate surface area is 161 Å². The van der Waals surface area contributed by atoms with Crippen LogP contribution in [-0.4, -0.2) is 24.1 Å². The van der Waals surface area contributed by atoms with Crippen molar-refractivity contribution in [3.05, 3.63) is 59.7 Å². The van der Waals surface area contributed by atoms with Gasteiger partial charge in [0.05, 0.1) is 18.8 Å². The average molecular weight is 368 g/mol. The van der Waals surface area contributed by atoms with E-state index in [1.54, 1.807) is 18.2 Å². The van der Waals surface area contributed by atoms with Crippen LogP contribution in [0.3, 0.4) is 0 Å². The number of aromatic hydroxyl groups is 1. The van der Waals surface area contributed by atoms with E-state index in [4.69, 9.17) is 9.47 Å². The van der Waals surface area contributed by atoms with Gasteiger partial charge in [-0.05, 0) is 61.4 Å². The fraction of sp³-hybridized carbons (Fsp3) is 0.348. The Morgan fingerprint density at radius 1 is 0.926 bits per heavy atom. The molecule has 0 unspecified atom stereocenters. The molecular formula is C23H28O4. The number of allylic oxidation sites excluding steroid dienone is 1. The standard InChI is InChI=1S/C23H28O4/c1-3-5-16-26-22-8-7-9-23(27-17-6-4-2)20(22)14-15-21(25)18-10-12-19(24)13-11-18/h7-15,24H,3-6,16-17H2,1-2H3/b15-14+. The SMILES string of the molecule is CCCCOc1cccc(OCCCC)c1/C=C/C(=O)c1ccc(O)cc1. The molecule has 0 fully saturated rings. The summed E-state index contributed by atoms with van der Waals surface area (Å²) >= 11 is 0. The minimum atomic E-state index is -0.141. The Hall–Kier alpha value is -2.75. The minimum Gasteiger partial charge on any atom is -0.508 e. The second kappa shape index (κ2) is 11.1. The maximum Gasteiger partial charge on any atom is 0.185 e. The summed E-state index contributed by atoms with van der Waals surface area (Å²) in [6.45, 7) is 5.48. The summed E-state index contributed by atoms with van der Waals surface area (Å²) in [4.78, 5) is 12.4. The Kier molecular flexibility index (Phi) is 8.43. The predicted molar refractivity (Wildman–Crippen MR) is 109 cm³/mol. The Morgan fingerprint density at radius 2 is 1.48 bits per heavy atom. The molecule has 2 rings (SSSR count). The van der Waals surface area contributed by atoms with Crippen LogP contribution in [0.25, 0.3) is 6.08 Å². The van der Waals surface area contributed by atoms with Crippen LogP contribution in [0.1, 0.15) is 55.5 Å². The van der Waals surface area contributed by atoms with E-state index in [2.05, 4.69) is 13.8 Å². The molecule has 2 aromatic rings. The van der Waals surface area contributed by atoms with E-state index in [-0.39, 0.29) is 11.5 Å². The van der Waals surface area contributed by atoms with Gasteiger partial charge in [0.15, 0.2) is 5.78 Å². The molecule has 0 saturated heterocycles. The minimum absolute atomic E-state index is 0.136. The zero-order valence-corrected chi connectivity index (χ0v) is 16.1. The summed E-state index contributed by atoms with van der Waals surface area (Å²) in [7, 11) is 0. The summed E-state index contributed by atoms with van der Waals surface area (Å²) in [5, 5.41) is 9.36. The van der Waals surface area contributed by atoms with Crippen molar-refractivity contribution in [2.24, 2.45) is 0 Å². The Balaban J connectivity index is 2.23. The molecule has 0 radical (unpaired) electrons. The van der Waals surface area contributed by atoms with Gasteiger partial charge in [-0.15, -0.1) is 0 Å².